The topological polar surface area (TPSA) is 0 Å². The summed E-state index contributed by atoms with van der Waals surface area (Å²) < 4.78 is 1.42. The van der Waals surface area contributed by atoms with Gasteiger partial charge in [-0.3, -0.25) is 0 Å². The van der Waals surface area contributed by atoms with Crippen LogP contribution in [0, 0.1) is 0 Å². The van der Waals surface area contributed by atoms with Gasteiger partial charge >= 0.3 is 0 Å². The van der Waals surface area contributed by atoms with Gasteiger partial charge in [0.15, 0.2) is 0 Å². The molecule has 0 saturated heterocycles. The lowest BCUT2D eigenvalue weighted by atomic mass is 10.5. The first kappa shape index (κ1) is 5.40. The summed E-state index contributed by atoms with van der Waals surface area (Å²) in [6, 6.07) is 6.46. The maximum atomic E-state index is 2.18. The van der Waals surface area contributed by atoms with Gasteiger partial charge in [0.05, 0.1) is 0 Å². The van der Waals surface area contributed by atoms with E-state index >= 15 is 0 Å². The quantitative estimate of drug-likeness (QED) is 0.542. The molecule has 0 atom stereocenters. The summed E-state index contributed by atoms with van der Waals surface area (Å²) in [7, 11) is 1.34. The average Bonchev–Trinajstić information content (AvgIpc) is 2.33. The monoisotopic (exact) mass is 152 g/mol. The molecule has 2 rings (SSSR count). The molecule has 0 amide bonds. The van der Waals surface area contributed by atoms with E-state index in [4.69, 9.17) is 0 Å². The third-order valence-corrected chi connectivity index (χ3v) is 3.24. The maximum Gasteiger partial charge on any atom is 0.0388 e. The van der Waals surface area contributed by atoms with E-state index in [-0.39, 0.29) is 0 Å². The molecule has 0 nitrogen and oxygen atoms in total. The van der Waals surface area contributed by atoms with Crippen LogP contribution in [0.1, 0.15) is 0 Å². The van der Waals surface area contributed by atoms with Crippen LogP contribution in [0.4, 0.5) is 0 Å². The Balaban J connectivity index is 2.95. The zero-order valence-electron chi connectivity index (χ0n) is 4.74. The molecule has 2 aromatic heterocycles. The molecule has 0 aliphatic heterocycles. The van der Waals surface area contributed by atoms with E-state index in [9.17, 15) is 0 Å². The molecular formula is C7H5PS. The van der Waals surface area contributed by atoms with Crippen molar-refractivity contribution in [2.75, 3.05) is 0 Å². The van der Waals surface area contributed by atoms with Crippen LogP contribution < -0.4 is 0 Å². The van der Waals surface area contributed by atoms with E-state index in [2.05, 4.69) is 29.4 Å². The van der Waals surface area contributed by atoms with Gasteiger partial charge in [0.25, 0.3) is 0 Å². The molecule has 0 aliphatic carbocycles. The van der Waals surface area contributed by atoms with Crippen molar-refractivity contribution < 1.29 is 0 Å². The van der Waals surface area contributed by atoms with Crippen LogP contribution in [0.15, 0.2) is 29.4 Å². The minimum absolute atomic E-state index is 1.34. The Labute approximate surface area is 59.3 Å². The Morgan fingerprint density at radius 2 is 2.33 bits per heavy atom. The lowest BCUT2D eigenvalue weighted by Gasteiger charge is -1.81. The third-order valence-electron chi connectivity index (χ3n) is 1.22. The number of fused-ring (bicyclic) bond motifs is 1. The Morgan fingerprint density at radius 1 is 1.33 bits per heavy atom. The SMILES string of the molecule is c1cpc2ccsc2c1. The average molecular weight is 152 g/mol. The van der Waals surface area contributed by atoms with Crippen LogP contribution in [0.5, 0.6) is 0 Å². The van der Waals surface area contributed by atoms with E-state index in [1.54, 1.807) is 0 Å². The zero-order valence-corrected chi connectivity index (χ0v) is 6.45. The third kappa shape index (κ3) is 0.868. The highest BCUT2D eigenvalue weighted by Crippen LogP contribution is 2.26. The fourth-order valence-corrected chi connectivity index (χ4v) is 2.61. The van der Waals surface area contributed by atoms with Gasteiger partial charge in [-0.05, 0) is 23.3 Å². The lowest BCUT2D eigenvalue weighted by Crippen LogP contribution is -1.48. The van der Waals surface area contributed by atoms with Crippen LogP contribution in [0.2, 0.25) is 0 Å². The van der Waals surface area contributed by atoms with Crippen LogP contribution >= 0.6 is 19.5 Å². The van der Waals surface area contributed by atoms with E-state index < -0.39 is 0 Å². The normalized spacial score (nSPS) is 11.1. The van der Waals surface area contributed by atoms with E-state index in [1.165, 1.54) is 18.0 Å². The van der Waals surface area contributed by atoms with Gasteiger partial charge in [0.2, 0.25) is 0 Å². The van der Waals surface area contributed by atoms with E-state index in [0.717, 1.165) is 0 Å². The van der Waals surface area contributed by atoms with Gasteiger partial charge in [0.1, 0.15) is 0 Å². The molecule has 0 fully saturated rings. The second-order valence-corrected chi connectivity index (χ2v) is 3.79. The molecule has 2 heteroatoms. The molecule has 0 aliphatic rings. The van der Waals surface area contributed by atoms with Crippen molar-refractivity contribution in [3.05, 3.63) is 29.4 Å². The Hall–Kier alpha value is -0.390. The first-order valence-electron chi connectivity index (χ1n) is 2.75. The van der Waals surface area contributed by atoms with Crippen LogP contribution in [0.25, 0.3) is 9.82 Å². The maximum absolute atomic E-state index is 2.18. The number of rotatable bonds is 0. The molecule has 2 aromatic rings. The highest BCUT2D eigenvalue weighted by atomic mass is 32.1. The van der Waals surface area contributed by atoms with E-state index in [0.29, 0.717) is 0 Å². The minimum atomic E-state index is 1.34. The molecular weight excluding hydrogens is 147 g/mol. The predicted molar refractivity (Wildman–Crippen MR) is 44.3 cm³/mol. The van der Waals surface area contributed by atoms with Crippen molar-refractivity contribution in [3.8, 4) is 0 Å². The Kier molecular flexibility index (Phi) is 1.25. The summed E-state index contributed by atoms with van der Waals surface area (Å²) >= 11 is 1.81. The lowest BCUT2D eigenvalue weighted by molar-refractivity contribution is 2.03. The van der Waals surface area contributed by atoms with Gasteiger partial charge in [0, 0.05) is 9.82 Å². The highest BCUT2D eigenvalue weighted by molar-refractivity contribution is 7.38. The van der Waals surface area contributed by atoms with Crippen LogP contribution in [-0.4, -0.2) is 0 Å². The molecule has 0 aromatic carbocycles. The smallest absolute Gasteiger partial charge is 0.0388 e. The molecule has 9 heavy (non-hydrogen) atoms. The van der Waals surface area contributed by atoms with E-state index in [1.807, 2.05) is 11.3 Å². The summed E-state index contributed by atoms with van der Waals surface area (Å²) in [5.41, 5.74) is 0. The summed E-state index contributed by atoms with van der Waals surface area (Å²) in [6.45, 7) is 0. The second kappa shape index (κ2) is 2.09. The molecule has 0 bridgehead atoms. The predicted octanol–water partition coefficient (Wildman–Crippen LogP) is 3.48. The molecule has 0 unspecified atom stereocenters. The van der Waals surface area contributed by atoms with Crippen molar-refractivity contribution in [2.24, 2.45) is 0 Å². The molecule has 0 spiro atoms. The molecule has 0 radical (unpaired) electrons. The molecule has 44 valence electrons. The largest absolute Gasteiger partial charge is 0.143 e. The van der Waals surface area contributed by atoms with Crippen molar-refractivity contribution in [1.29, 1.82) is 0 Å². The number of thiophene rings is 1. The molecule has 0 N–H and O–H groups in total. The highest BCUT2D eigenvalue weighted by Gasteiger charge is 1.88. The van der Waals surface area contributed by atoms with Crippen molar-refractivity contribution in [1.82, 2.24) is 0 Å². The number of hydrogen-bond donors (Lipinski definition) is 0. The summed E-state index contributed by atoms with van der Waals surface area (Å²) in [4.78, 5) is 0. The van der Waals surface area contributed by atoms with Crippen LogP contribution in [-0.2, 0) is 0 Å². The standard InChI is InChI=1S/C7H5PS/c1-2-7-6(8-4-1)3-5-9-7/h1-5H. The Morgan fingerprint density at radius 3 is 3.22 bits per heavy atom. The summed E-state index contributed by atoms with van der Waals surface area (Å²) in [5, 5.41) is 3.59. The zero-order chi connectivity index (χ0) is 6.10. The van der Waals surface area contributed by atoms with Crippen LogP contribution in [0.3, 0.4) is 0 Å². The van der Waals surface area contributed by atoms with Gasteiger partial charge < -0.3 is 0 Å². The fraction of sp³-hybridized carbons (Fsp3) is 0. The van der Waals surface area contributed by atoms with Gasteiger partial charge in [-0.15, -0.1) is 11.3 Å². The van der Waals surface area contributed by atoms with Crippen molar-refractivity contribution in [3.63, 3.8) is 0 Å². The minimum Gasteiger partial charge on any atom is -0.143 e. The summed E-state index contributed by atoms with van der Waals surface area (Å²) in [5.74, 6) is 2.16. The van der Waals surface area contributed by atoms with Gasteiger partial charge in [-0.25, -0.2) is 0 Å². The fourth-order valence-electron chi connectivity index (χ4n) is 0.799. The molecule has 0 saturated carbocycles. The first-order valence-corrected chi connectivity index (χ1v) is 4.59. The molecule has 2 heterocycles. The second-order valence-electron chi connectivity index (χ2n) is 1.81. The van der Waals surface area contributed by atoms with Gasteiger partial charge in [-0.2, -0.15) is 0 Å². The van der Waals surface area contributed by atoms with Crippen molar-refractivity contribution >= 4 is 29.3 Å². The Bertz CT molecular complexity index is 283. The number of hydrogen-bond acceptors (Lipinski definition) is 1. The van der Waals surface area contributed by atoms with Crippen molar-refractivity contribution in [2.45, 2.75) is 0 Å². The van der Waals surface area contributed by atoms with Gasteiger partial charge in [-0.1, -0.05) is 14.3 Å². The summed E-state index contributed by atoms with van der Waals surface area (Å²) in [6.07, 6.45) is 0. The first-order chi connectivity index (χ1) is 4.47.